The number of rotatable bonds is 6. The molecule has 3 atom stereocenters. The lowest BCUT2D eigenvalue weighted by atomic mass is 9.81. The topological polar surface area (TPSA) is 95.9 Å². The second-order valence-corrected chi connectivity index (χ2v) is 9.45. The third-order valence-corrected chi connectivity index (χ3v) is 7.22. The first-order valence-corrected chi connectivity index (χ1v) is 11.3. The van der Waals surface area contributed by atoms with E-state index < -0.39 is 23.4 Å². The summed E-state index contributed by atoms with van der Waals surface area (Å²) in [6.07, 6.45) is -0.568. The molecular weight excluding hydrogens is 420 g/mol. The number of benzene rings is 2. The van der Waals surface area contributed by atoms with Gasteiger partial charge in [0.25, 0.3) is 0 Å². The monoisotopic (exact) mass is 450 g/mol. The van der Waals surface area contributed by atoms with Gasteiger partial charge in [0.1, 0.15) is 6.61 Å². The molecule has 1 aliphatic heterocycles. The van der Waals surface area contributed by atoms with Crippen LogP contribution in [0.15, 0.2) is 48.5 Å². The van der Waals surface area contributed by atoms with E-state index in [9.17, 15) is 19.5 Å². The van der Waals surface area contributed by atoms with Gasteiger partial charge in [-0.1, -0.05) is 62.4 Å². The molecule has 2 aliphatic rings. The van der Waals surface area contributed by atoms with E-state index in [4.69, 9.17) is 4.74 Å². The standard InChI is InChI=1S/C26H30N2O5/c1-16(23(29)28-13-17(2)26(3,15-28)24(30)31)12-27-25(32)33-14-22-20-10-6-4-8-18(20)19-9-5-7-11-21(19)22/h4-11,16-17,22H,12-15H2,1-3H3,(H,27,32)(H,30,31). The summed E-state index contributed by atoms with van der Waals surface area (Å²) in [5, 5.41) is 12.2. The molecule has 0 spiro atoms. The number of fused-ring (bicyclic) bond motifs is 3. The average Bonchev–Trinajstić information content (AvgIpc) is 3.30. The lowest BCUT2D eigenvalue weighted by Crippen LogP contribution is -2.41. The molecule has 1 saturated heterocycles. The number of ether oxygens (including phenoxy) is 1. The molecule has 0 saturated carbocycles. The molecule has 33 heavy (non-hydrogen) atoms. The van der Waals surface area contributed by atoms with Gasteiger partial charge in [-0.25, -0.2) is 4.79 Å². The highest BCUT2D eigenvalue weighted by Crippen LogP contribution is 2.44. The molecule has 174 valence electrons. The number of nitrogens with one attached hydrogen (secondary N) is 1. The Morgan fingerprint density at radius 2 is 1.70 bits per heavy atom. The molecular formula is C26H30N2O5. The van der Waals surface area contributed by atoms with Gasteiger partial charge in [0, 0.05) is 25.6 Å². The predicted octanol–water partition coefficient (Wildman–Crippen LogP) is 3.73. The van der Waals surface area contributed by atoms with Crippen LogP contribution in [-0.4, -0.2) is 54.2 Å². The van der Waals surface area contributed by atoms with Crippen LogP contribution in [0.3, 0.4) is 0 Å². The normalized spacial score (nSPS) is 22.4. The van der Waals surface area contributed by atoms with E-state index in [1.54, 1.807) is 18.7 Å². The first-order chi connectivity index (χ1) is 15.7. The Morgan fingerprint density at radius 1 is 1.12 bits per heavy atom. The van der Waals surface area contributed by atoms with Crippen molar-refractivity contribution in [2.45, 2.75) is 26.7 Å². The molecule has 1 fully saturated rings. The van der Waals surface area contributed by atoms with Crippen molar-refractivity contribution in [3.8, 4) is 11.1 Å². The van der Waals surface area contributed by atoms with Crippen molar-refractivity contribution in [1.82, 2.24) is 10.2 Å². The molecule has 2 N–H and O–H groups in total. The number of aliphatic carboxylic acids is 1. The maximum atomic E-state index is 12.8. The predicted molar refractivity (Wildman–Crippen MR) is 124 cm³/mol. The zero-order valence-corrected chi connectivity index (χ0v) is 19.2. The number of nitrogens with zero attached hydrogens (tertiary/aromatic N) is 1. The summed E-state index contributed by atoms with van der Waals surface area (Å²) >= 11 is 0. The molecule has 1 aliphatic carbocycles. The number of carboxylic acids is 1. The summed E-state index contributed by atoms with van der Waals surface area (Å²) in [5.74, 6) is -1.70. The summed E-state index contributed by atoms with van der Waals surface area (Å²) in [6.45, 7) is 6.17. The van der Waals surface area contributed by atoms with Crippen molar-refractivity contribution in [1.29, 1.82) is 0 Å². The zero-order valence-electron chi connectivity index (χ0n) is 19.2. The minimum Gasteiger partial charge on any atom is -0.481 e. The second-order valence-electron chi connectivity index (χ2n) is 9.45. The first-order valence-electron chi connectivity index (χ1n) is 11.3. The van der Waals surface area contributed by atoms with E-state index in [0.717, 1.165) is 22.3 Å². The van der Waals surface area contributed by atoms with Crippen LogP contribution < -0.4 is 5.32 Å². The Hall–Kier alpha value is -3.35. The van der Waals surface area contributed by atoms with Gasteiger partial charge >= 0.3 is 12.1 Å². The first kappa shape index (κ1) is 22.8. The zero-order chi connectivity index (χ0) is 23.8. The van der Waals surface area contributed by atoms with Crippen LogP contribution in [0.25, 0.3) is 11.1 Å². The lowest BCUT2D eigenvalue weighted by Gasteiger charge is -2.24. The summed E-state index contributed by atoms with van der Waals surface area (Å²) in [6, 6.07) is 16.3. The molecule has 2 aromatic rings. The summed E-state index contributed by atoms with van der Waals surface area (Å²) in [5.41, 5.74) is 3.65. The van der Waals surface area contributed by atoms with Gasteiger partial charge in [-0.2, -0.15) is 0 Å². The molecule has 0 radical (unpaired) electrons. The molecule has 1 heterocycles. The Labute approximate surface area is 193 Å². The molecule has 3 unspecified atom stereocenters. The number of amides is 2. The molecule has 7 heteroatoms. The second kappa shape index (κ2) is 8.89. The Balaban J connectivity index is 1.31. The number of hydrogen-bond donors (Lipinski definition) is 2. The van der Waals surface area contributed by atoms with Crippen LogP contribution in [0.2, 0.25) is 0 Å². The third-order valence-electron chi connectivity index (χ3n) is 7.22. The Kier molecular flexibility index (Phi) is 6.15. The van der Waals surface area contributed by atoms with Crippen molar-refractivity contribution < 1.29 is 24.2 Å². The van der Waals surface area contributed by atoms with Gasteiger partial charge in [-0.05, 0) is 35.1 Å². The van der Waals surface area contributed by atoms with Crippen LogP contribution in [0, 0.1) is 17.3 Å². The average molecular weight is 451 g/mol. The number of carbonyl (C=O) groups excluding carboxylic acids is 2. The van der Waals surface area contributed by atoms with E-state index in [1.807, 2.05) is 31.2 Å². The third kappa shape index (κ3) is 4.19. The highest BCUT2D eigenvalue weighted by Gasteiger charge is 2.48. The van der Waals surface area contributed by atoms with Crippen LogP contribution in [-0.2, 0) is 14.3 Å². The fraction of sp³-hybridized carbons (Fsp3) is 0.423. The van der Waals surface area contributed by atoms with E-state index >= 15 is 0 Å². The van der Waals surface area contributed by atoms with Crippen molar-refractivity contribution in [3.63, 3.8) is 0 Å². The minimum atomic E-state index is -0.949. The van der Waals surface area contributed by atoms with Gasteiger partial charge < -0.3 is 20.1 Å². The number of alkyl carbamates (subject to hydrolysis) is 1. The smallest absolute Gasteiger partial charge is 0.407 e. The largest absolute Gasteiger partial charge is 0.481 e. The van der Waals surface area contributed by atoms with Crippen molar-refractivity contribution in [3.05, 3.63) is 59.7 Å². The van der Waals surface area contributed by atoms with Crippen LogP contribution in [0.5, 0.6) is 0 Å². The lowest BCUT2D eigenvalue weighted by molar-refractivity contribution is -0.149. The maximum absolute atomic E-state index is 12.8. The highest BCUT2D eigenvalue weighted by atomic mass is 16.5. The number of carbonyl (C=O) groups is 3. The number of carboxylic acid groups (broad SMARTS) is 1. The van der Waals surface area contributed by atoms with Gasteiger partial charge in [0.2, 0.25) is 5.91 Å². The quantitative estimate of drug-likeness (QED) is 0.699. The van der Waals surface area contributed by atoms with Gasteiger partial charge in [-0.15, -0.1) is 0 Å². The van der Waals surface area contributed by atoms with Gasteiger partial charge in [0.15, 0.2) is 0 Å². The molecule has 0 bridgehead atoms. The number of hydrogen-bond acceptors (Lipinski definition) is 4. The van der Waals surface area contributed by atoms with Gasteiger partial charge in [-0.3, -0.25) is 9.59 Å². The minimum absolute atomic E-state index is 0.0259. The van der Waals surface area contributed by atoms with E-state index in [1.165, 1.54) is 0 Å². The molecule has 7 nitrogen and oxygen atoms in total. The maximum Gasteiger partial charge on any atom is 0.407 e. The van der Waals surface area contributed by atoms with Crippen LogP contribution in [0.1, 0.15) is 37.8 Å². The summed E-state index contributed by atoms with van der Waals surface area (Å²) < 4.78 is 5.52. The van der Waals surface area contributed by atoms with Crippen molar-refractivity contribution in [2.75, 3.05) is 26.2 Å². The van der Waals surface area contributed by atoms with Crippen molar-refractivity contribution in [2.24, 2.45) is 17.3 Å². The highest BCUT2D eigenvalue weighted by molar-refractivity contribution is 5.83. The molecule has 0 aromatic heterocycles. The number of likely N-dealkylation sites (tertiary alicyclic amines) is 1. The molecule has 2 amide bonds. The van der Waals surface area contributed by atoms with Crippen LogP contribution >= 0.6 is 0 Å². The Morgan fingerprint density at radius 3 is 2.24 bits per heavy atom. The van der Waals surface area contributed by atoms with Gasteiger partial charge in [0.05, 0.1) is 11.3 Å². The molecule has 2 aromatic carbocycles. The van der Waals surface area contributed by atoms with E-state index in [2.05, 4.69) is 29.6 Å². The Bertz CT molecular complexity index is 1040. The van der Waals surface area contributed by atoms with E-state index in [-0.39, 0.29) is 37.4 Å². The van der Waals surface area contributed by atoms with Crippen molar-refractivity contribution >= 4 is 18.0 Å². The fourth-order valence-electron chi connectivity index (χ4n) is 4.88. The summed E-state index contributed by atoms with van der Waals surface area (Å²) in [7, 11) is 0. The summed E-state index contributed by atoms with van der Waals surface area (Å²) in [4.78, 5) is 38.4. The van der Waals surface area contributed by atoms with E-state index in [0.29, 0.717) is 6.54 Å². The van der Waals surface area contributed by atoms with Crippen LogP contribution in [0.4, 0.5) is 4.79 Å². The SMILES string of the molecule is CC(CNC(=O)OCC1c2ccccc2-c2ccccc21)C(=O)N1CC(C)C(C)(C(=O)O)C1. The molecule has 4 rings (SSSR count). The fourth-order valence-corrected chi connectivity index (χ4v) is 4.88.